The first-order valence-electron chi connectivity index (χ1n) is 12.7. The fraction of sp³-hybridized carbons (Fsp3) is 0.0323. The number of pyridine rings is 1. The van der Waals surface area contributed by atoms with Crippen LogP contribution in [-0.4, -0.2) is 26.6 Å². The van der Waals surface area contributed by atoms with E-state index in [-0.39, 0.29) is 37.5 Å². The van der Waals surface area contributed by atoms with Gasteiger partial charge in [0.2, 0.25) is 0 Å². The van der Waals surface area contributed by atoms with E-state index in [1.54, 1.807) is 36.4 Å². The third kappa shape index (κ3) is 5.35. The number of nitrogens with zero attached hydrogens (tertiary/aromatic N) is 3. The predicted molar refractivity (Wildman–Crippen MR) is 155 cm³/mol. The Morgan fingerprint density at radius 1 is 0.884 bits per heavy atom. The largest absolute Gasteiger partial charge is 0.433 e. The van der Waals surface area contributed by atoms with E-state index in [0.29, 0.717) is 28.3 Å². The number of aromatic nitrogens is 3. The SMILES string of the molecule is NC(=O)c1sc2nc(C(F)(F)F)cc(-c3ccc(F)cc3)c2c1NC(=O)c1cn(-c2ccccc2)nc1-c1ccccc1. The van der Waals surface area contributed by atoms with Gasteiger partial charge in [0.25, 0.3) is 11.8 Å². The van der Waals surface area contributed by atoms with Gasteiger partial charge in [0.05, 0.1) is 16.9 Å². The number of anilines is 1. The number of para-hydroxylation sites is 1. The van der Waals surface area contributed by atoms with E-state index in [1.165, 1.54) is 23.0 Å². The Balaban J connectivity index is 1.54. The number of nitrogens with two attached hydrogens (primary N) is 1. The molecule has 12 heteroatoms. The maximum Gasteiger partial charge on any atom is 0.433 e. The van der Waals surface area contributed by atoms with Gasteiger partial charge in [-0.3, -0.25) is 9.59 Å². The standard InChI is InChI=1S/C31H19F4N5O2S/c32-19-13-11-17(12-14-19)21-15-23(31(33,34)35)37-30-24(21)26(27(43-30)28(36)41)38-29(42)22-16-40(20-9-5-2-6-10-20)39-25(22)18-7-3-1-4-8-18/h1-16H,(H2,36,41)(H,38,42). The molecule has 0 radical (unpaired) electrons. The van der Waals surface area contributed by atoms with Crippen LogP contribution in [0.2, 0.25) is 0 Å². The number of benzene rings is 3. The van der Waals surface area contributed by atoms with E-state index in [0.717, 1.165) is 18.2 Å². The number of amides is 2. The number of halogens is 4. The molecule has 3 aromatic carbocycles. The van der Waals surface area contributed by atoms with Crippen LogP contribution in [-0.2, 0) is 6.18 Å². The van der Waals surface area contributed by atoms with Crippen molar-refractivity contribution in [3.8, 4) is 28.1 Å². The van der Waals surface area contributed by atoms with Gasteiger partial charge in [-0.05, 0) is 41.5 Å². The Morgan fingerprint density at radius 2 is 1.53 bits per heavy atom. The highest BCUT2D eigenvalue weighted by molar-refractivity contribution is 7.21. The van der Waals surface area contributed by atoms with Crippen molar-refractivity contribution in [2.75, 3.05) is 5.32 Å². The van der Waals surface area contributed by atoms with Crippen LogP contribution in [0.1, 0.15) is 25.7 Å². The summed E-state index contributed by atoms with van der Waals surface area (Å²) in [7, 11) is 0. The predicted octanol–water partition coefficient (Wildman–Crippen LogP) is 7.33. The second-order valence-corrected chi connectivity index (χ2v) is 10.4. The average molecular weight is 602 g/mol. The van der Waals surface area contributed by atoms with E-state index in [1.807, 2.05) is 24.3 Å². The van der Waals surface area contributed by atoms with Crippen molar-refractivity contribution >= 4 is 39.1 Å². The molecule has 0 saturated heterocycles. The zero-order valence-electron chi connectivity index (χ0n) is 21.9. The van der Waals surface area contributed by atoms with Gasteiger partial charge in [-0.15, -0.1) is 11.3 Å². The van der Waals surface area contributed by atoms with E-state index >= 15 is 0 Å². The van der Waals surface area contributed by atoms with Gasteiger partial charge in [0, 0.05) is 17.1 Å². The molecule has 0 bridgehead atoms. The van der Waals surface area contributed by atoms with Crippen molar-refractivity contribution in [3.05, 3.63) is 119 Å². The molecular weight excluding hydrogens is 582 g/mol. The zero-order valence-corrected chi connectivity index (χ0v) is 22.7. The molecule has 43 heavy (non-hydrogen) atoms. The number of thiophene rings is 1. The van der Waals surface area contributed by atoms with Gasteiger partial charge in [-0.1, -0.05) is 60.7 Å². The zero-order chi connectivity index (χ0) is 30.3. The molecule has 3 heterocycles. The quantitative estimate of drug-likeness (QED) is 0.195. The highest BCUT2D eigenvalue weighted by Gasteiger charge is 2.35. The third-order valence-electron chi connectivity index (χ3n) is 6.60. The fourth-order valence-corrected chi connectivity index (χ4v) is 5.64. The van der Waals surface area contributed by atoms with Gasteiger partial charge < -0.3 is 11.1 Å². The Kier molecular flexibility index (Phi) is 6.98. The van der Waals surface area contributed by atoms with Crippen LogP contribution in [0.4, 0.5) is 23.2 Å². The lowest BCUT2D eigenvalue weighted by atomic mass is 10.0. The van der Waals surface area contributed by atoms with Gasteiger partial charge in [0.1, 0.15) is 26.9 Å². The number of carbonyl (C=O) groups is 2. The molecule has 0 aliphatic carbocycles. The van der Waals surface area contributed by atoms with Crippen LogP contribution >= 0.6 is 11.3 Å². The highest BCUT2D eigenvalue weighted by atomic mass is 32.1. The van der Waals surface area contributed by atoms with Crippen LogP contribution in [0.25, 0.3) is 38.3 Å². The molecule has 0 spiro atoms. The summed E-state index contributed by atoms with van der Waals surface area (Å²) in [5, 5.41) is 7.39. The van der Waals surface area contributed by atoms with E-state index in [2.05, 4.69) is 15.4 Å². The summed E-state index contributed by atoms with van der Waals surface area (Å²) in [6, 6.07) is 23.6. The van der Waals surface area contributed by atoms with Crippen LogP contribution < -0.4 is 11.1 Å². The average Bonchev–Trinajstić information content (AvgIpc) is 3.61. The maximum atomic E-state index is 13.9. The fourth-order valence-electron chi connectivity index (χ4n) is 4.64. The van der Waals surface area contributed by atoms with Crippen molar-refractivity contribution in [1.82, 2.24) is 14.8 Å². The number of primary amides is 1. The highest BCUT2D eigenvalue weighted by Crippen LogP contribution is 2.44. The summed E-state index contributed by atoms with van der Waals surface area (Å²) in [4.78, 5) is 29.8. The summed E-state index contributed by atoms with van der Waals surface area (Å²) in [5.74, 6) is -2.25. The molecule has 2 amide bonds. The molecule has 6 rings (SSSR count). The van der Waals surface area contributed by atoms with Crippen LogP contribution in [0.3, 0.4) is 0 Å². The number of fused-ring (bicyclic) bond motifs is 1. The first-order valence-corrected chi connectivity index (χ1v) is 13.5. The second kappa shape index (κ2) is 10.8. The summed E-state index contributed by atoms with van der Waals surface area (Å²) in [6.45, 7) is 0. The molecule has 7 nitrogen and oxygen atoms in total. The smallest absolute Gasteiger partial charge is 0.365 e. The van der Waals surface area contributed by atoms with E-state index < -0.39 is 29.5 Å². The van der Waals surface area contributed by atoms with Crippen molar-refractivity contribution in [3.63, 3.8) is 0 Å². The first kappa shape index (κ1) is 27.8. The van der Waals surface area contributed by atoms with Crippen molar-refractivity contribution in [1.29, 1.82) is 0 Å². The van der Waals surface area contributed by atoms with E-state index in [4.69, 9.17) is 5.73 Å². The Labute approximate surface area is 245 Å². The normalized spacial score (nSPS) is 11.5. The van der Waals surface area contributed by atoms with Gasteiger partial charge in [-0.25, -0.2) is 14.1 Å². The second-order valence-electron chi connectivity index (χ2n) is 9.40. The van der Waals surface area contributed by atoms with Crippen LogP contribution in [0, 0.1) is 5.82 Å². The van der Waals surface area contributed by atoms with Crippen molar-refractivity contribution in [2.24, 2.45) is 5.73 Å². The van der Waals surface area contributed by atoms with Crippen LogP contribution in [0.15, 0.2) is 97.2 Å². The molecule has 0 aliphatic rings. The molecule has 3 N–H and O–H groups in total. The van der Waals surface area contributed by atoms with Crippen molar-refractivity contribution in [2.45, 2.75) is 6.18 Å². The molecular formula is C31H19F4N5O2S. The third-order valence-corrected chi connectivity index (χ3v) is 7.70. The number of carbonyl (C=O) groups excluding carboxylic acids is 2. The molecule has 6 aromatic rings. The minimum absolute atomic E-state index is 0.0142. The van der Waals surface area contributed by atoms with Crippen LogP contribution in [0.5, 0.6) is 0 Å². The van der Waals surface area contributed by atoms with Gasteiger partial charge >= 0.3 is 6.18 Å². The monoisotopic (exact) mass is 601 g/mol. The molecule has 0 aliphatic heterocycles. The molecule has 3 aromatic heterocycles. The van der Waals surface area contributed by atoms with Gasteiger partial charge in [0.15, 0.2) is 0 Å². The topological polar surface area (TPSA) is 103 Å². The molecule has 0 unspecified atom stereocenters. The lowest BCUT2D eigenvalue weighted by Gasteiger charge is -2.12. The molecule has 0 saturated carbocycles. The maximum absolute atomic E-state index is 13.9. The number of nitrogens with one attached hydrogen (secondary N) is 1. The Hall–Kier alpha value is -5.36. The van der Waals surface area contributed by atoms with Gasteiger partial charge in [-0.2, -0.15) is 18.3 Å². The molecule has 0 atom stereocenters. The Bertz CT molecular complexity index is 1990. The summed E-state index contributed by atoms with van der Waals surface area (Å²) < 4.78 is 56.7. The number of hydrogen-bond acceptors (Lipinski definition) is 5. The van der Waals surface area contributed by atoms with Crippen molar-refractivity contribution < 1.29 is 27.2 Å². The molecule has 0 fully saturated rings. The minimum Gasteiger partial charge on any atom is -0.365 e. The lowest BCUT2D eigenvalue weighted by molar-refractivity contribution is -0.140. The summed E-state index contributed by atoms with van der Waals surface area (Å²) >= 11 is 0.619. The minimum atomic E-state index is -4.82. The summed E-state index contributed by atoms with van der Waals surface area (Å²) in [6.07, 6.45) is -3.30. The lowest BCUT2D eigenvalue weighted by Crippen LogP contribution is -2.17. The number of rotatable bonds is 6. The van der Waals surface area contributed by atoms with E-state index in [9.17, 15) is 27.2 Å². The number of hydrogen-bond donors (Lipinski definition) is 2. The first-order chi connectivity index (χ1) is 20.6. The number of alkyl halides is 3. The summed E-state index contributed by atoms with van der Waals surface area (Å²) in [5.41, 5.74) is 6.29. The molecule has 214 valence electrons. The Morgan fingerprint density at radius 3 is 2.16 bits per heavy atom.